The summed E-state index contributed by atoms with van der Waals surface area (Å²) in [5, 5.41) is 9.39. The Morgan fingerprint density at radius 2 is 2.00 bits per heavy atom. The Balaban J connectivity index is 2.09. The number of nitriles is 1. The number of aryl methyl sites for hydroxylation is 1. The summed E-state index contributed by atoms with van der Waals surface area (Å²) in [5.41, 5.74) is 4.87. The lowest BCUT2D eigenvalue weighted by molar-refractivity contribution is 0.103. The zero-order chi connectivity index (χ0) is 16.2. The van der Waals surface area contributed by atoms with Crippen LogP contribution in [-0.4, -0.2) is 11.9 Å². The maximum absolute atomic E-state index is 12.7. The molecule has 2 aromatic rings. The van der Waals surface area contributed by atoms with Crippen molar-refractivity contribution >= 4 is 14.4 Å². The topological polar surface area (TPSA) is 40.9 Å². The van der Waals surface area contributed by atoms with Crippen molar-refractivity contribution in [3.63, 3.8) is 0 Å². The molecule has 0 aromatic heterocycles. The van der Waals surface area contributed by atoms with Crippen LogP contribution in [0, 0.1) is 18.3 Å². The van der Waals surface area contributed by atoms with Crippen LogP contribution in [0.5, 0.6) is 0 Å². The summed E-state index contributed by atoms with van der Waals surface area (Å²) in [6, 6.07) is 15.5. The molecule has 1 unspecified atom stereocenters. The molecule has 0 fully saturated rings. The van der Waals surface area contributed by atoms with E-state index < -0.39 is 0 Å². The van der Waals surface area contributed by atoms with E-state index in [1.807, 2.05) is 55.2 Å². The first kappa shape index (κ1) is 15.4. The second-order valence-electron chi connectivity index (χ2n) is 5.43. The number of carbonyl (C=O) groups excluding carboxylic acids is 1. The van der Waals surface area contributed by atoms with E-state index in [9.17, 15) is 10.1 Å². The van der Waals surface area contributed by atoms with E-state index in [4.69, 9.17) is 0 Å². The monoisotopic (exact) mass is 317 g/mol. The Morgan fingerprint density at radius 1 is 1.17 bits per heavy atom. The Labute approximate surface area is 137 Å². The van der Waals surface area contributed by atoms with Gasteiger partial charge in [-0.25, -0.2) is 0 Å². The lowest BCUT2D eigenvalue weighted by Crippen LogP contribution is -2.03. The van der Waals surface area contributed by atoms with Crippen molar-refractivity contribution in [1.82, 2.24) is 0 Å². The molecule has 1 atom stereocenters. The number of hydrogen-bond donors (Lipinski definition) is 0. The average Bonchev–Trinajstić information content (AvgIpc) is 2.62. The van der Waals surface area contributed by atoms with Crippen LogP contribution in [0.15, 0.2) is 66.0 Å². The molecule has 0 aliphatic carbocycles. The van der Waals surface area contributed by atoms with Crippen molar-refractivity contribution in [2.24, 2.45) is 0 Å². The van der Waals surface area contributed by atoms with E-state index in [1.54, 1.807) is 12.1 Å². The summed E-state index contributed by atoms with van der Waals surface area (Å²) in [6.07, 6.45) is 4.95. The summed E-state index contributed by atoms with van der Waals surface area (Å²) in [6.45, 7) is 2.01. The van der Waals surface area contributed by atoms with E-state index >= 15 is 0 Å². The third-order valence-electron chi connectivity index (χ3n) is 3.89. The second kappa shape index (κ2) is 6.73. The highest BCUT2D eigenvalue weighted by molar-refractivity contribution is 7.42. The Bertz CT molecular complexity index is 871. The molecular weight excluding hydrogens is 301 g/mol. The highest BCUT2D eigenvalue weighted by Crippen LogP contribution is 2.29. The van der Waals surface area contributed by atoms with Crippen molar-refractivity contribution in [1.29, 1.82) is 5.26 Å². The third-order valence-corrected chi connectivity index (χ3v) is 4.88. The third kappa shape index (κ3) is 3.16. The molecule has 3 rings (SSSR count). The standard InChI is InChI=1S/C20H16NOP/c1-14-5-2-3-7-18(14)19-11-15(8-9-16(19)12-21)20(22)17-6-4-10-23-13-17/h2-9,11,13,23H,10H2,1H3. The Hall–Kier alpha value is -2.49. The number of Topliss-reactive ketones (excluding diaryl/α,β-unsaturated/α-hetero) is 1. The van der Waals surface area contributed by atoms with Crippen LogP contribution in [0.2, 0.25) is 0 Å². The van der Waals surface area contributed by atoms with E-state index in [0.717, 1.165) is 28.4 Å². The summed E-state index contributed by atoms with van der Waals surface area (Å²) in [5.74, 6) is 2.03. The van der Waals surface area contributed by atoms with Gasteiger partial charge in [0.25, 0.3) is 0 Å². The zero-order valence-electron chi connectivity index (χ0n) is 12.8. The van der Waals surface area contributed by atoms with Crippen LogP contribution >= 0.6 is 8.58 Å². The van der Waals surface area contributed by atoms with Crippen LogP contribution in [0.25, 0.3) is 11.1 Å². The lowest BCUT2D eigenvalue weighted by atomic mass is 9.92. The summed E-state index contributed by atoms with van der Waals surface area (Å²) in [7, 11) is 0.663. The van der Waals surface area contributed by atoms with Crippen molar-refractivity contribution in [3.05, 3.63) is 82.7 Å². The largest absolute Gasteiger partial charge is 0.289 e. The second-order valence-corrected chi connectivity index (χ2v) is 6.53. The van der Waals surface area contributed by atoms with E-state index in [1.165, 1.54) is 0 Å². The molecular formula is C20H16NOP. The predicted octanol–water partition coefficient (Wildman–Crippen LogP) is 4.85. The highest BCUT2D eigenvalue weighted by Gasteiger charge is 2.15. The van der Waals surface area contributed by atoms with Gasteiger partial charge in [0.15, 0.2) is 5.78 Å². The molecule has 2 nitrogen and oxygen atoms in total. The molecule has 0 bridgehead atoms. The van der Waals surface area contributed by atoms with Crippen LogP contribution in [0.3, 0.4) is 0 Å². The van der Waals surface area contributed by atoms with Crippen LogP contribution in [-0.2, 0) is 0 Å². The van der Waals surface area contributed by atoms with Crippen molar-refractivity contribution in [2.75, 3.05) is 6.16 Å². The minimum Gasteiger partial charge on any atom is -0.289 e. The number of ketones is 1. The van der Waals surface area contributed by atoms with Gasteiger partial charge in [-0.15, -0.1) is 0 Å². The van der Waals surface area contributed by atoms with Gasteiger partial charge >= 0.3 is 0 Å². The number of nitrogens with zero attached hydrogens (tertiary/aromatic N) is 1. The first-order valence-electron chi connectivity index (χ1n) is 7.45. The van der Waals surface area contributed by atoms with Crippen molar-refractivity contribution in [2.45, 2.75) is 6.92 Å². The highest BCUT2D eigenvalue weighted by atomic mass is 31.1. The van der Waals surface area contributed by atoms with Crippen LogP contribution in [0.4, 0.5) is 0 Å². The fourth-order valence-corrected chi connectivity index (χ4v) is 3.48. The van der Waals surface area contributed by atoms with Crippen LogP contribution < -0.4 is 0 Å². The van der Waals surface area contributed by atoms with Crippen molar-refractivity contribution in [3.8, 4) is 17.2 Å². The molecule has 1 heterocycles. The minimum absolute atomic E-state index is 0.0211. The molecule has 1 aliphatic rings. The van der Waals surface area contributed by atoms with Gasteiger partial charge in [0, 0.05) is 16.7 Å². The van der Waals surface area contributed by atoms with Crippen LogP contribution in [0.1, 0.15) is 21.5 Å². The Kier molecular flexibility index (Phi) is 4.51. The maximum Gasteiger partial charge on any atom is 0.193 e. The molecule has 0 saturated heterocycles. The summed E-state index contributed by atoms with van der Waals surface area (Å²) >= 11 is 0. The van der Waals surface area contributed by atoms with Gasteiger partial charge in [-0.2, -0.15) is 5.26 Å². The van der Waals surface area contributed by atoms with Gasteiger partial charge in [0.05, 0.1) is 11.6 Å². The molecule has 1 aliphatic heterocycles. The molecule has 2 aromatic carbocycles. The quantitative estimate of drug-likeness (QED) is 0.600. The number of allylic oxidation sites excluding steroid dienone is 3. The Morgan fingerprint density at radius 3 is 2.70 bits per heavy atom. The van der Waals surface area contributed by atoms with Crippen molar-refractivity contribution < 1.29 is 4.79 Å². The number of rotatable bonds is 3. The SMILES string of the molecule is Cc1ccccc1-c1cc(C(=O)C2=CPCC=C2)ccc1C#N. The first-order valence-corrected chi connectivity index (χ1v) is 8.74. The maximum atomic E-state index is 12.7. The lowest BCUT2D eigenvalue weighted by Gasteiger charge is -2.11. The average molecular weight is 317 g/mol. The summed E-state index contributed by atoms with van der Waals surface area (Å²) in [4.78, 5) is 12.7. The molecule has 0 spiro atoms. The van der Waals surface area contributed by atoms with Gasteiger partial charge in [0.1, 0.15) is 0 Å². The van der Waals surface area contributed by atoms with Gasteiger partial charge in [0.2, 0.25) is 0 Å². The molecule has 3 heteroatoms. The van der Waals surface area contributed by atoms with E-state index in [-0.39, 0.29) is 5.78 Å². The fraction of sp³-hybridized carbons (Fsp3) is 0.100. The fourth-order valence-electron chi connectivity index (χ4n) is 2.66. The van der Waals surface area contributed by atoms with Gasteiger partial charge in [-0.1, -0.05) is 50.8 Å². The number of carbonyl (C=O) groups is 1. The smallest absolute Gasteiger partial charge is 0.193 e. The molecule has 0 N–H and O–H groups in total. The van der Waals surface area contributed by atoms with Gasteiger partial charge in [-0.05, 0) is 42.4 Å². The first-order chi connectivity index (χ1) is 11.2. The van der Waals surface area contributed by atoms with E-state index in [0.29, 0.717) is 19.7 Å². The van der Waals surface area contributed by atoms with E-state index in [2.05, 4.69) is 6.07 Å². The minimum atomic E-state index is 0.0211. The molecule has 112 valence electrons. The van der Waals surface area contributed by atoms with Gasteiger partial charge < -0.3 is 0 Å². The zero-order valence-corrected chi connectivity index (χ0v) is 13.8. The normalized spacial score (nSPS) is 14.3. The number of hydrogen-bond acceptors (Lipinski definition) is 2. The summed E-state index contributed by atoms with van der Waals surface area (Å²) < 4.78 is 0. The van der Waals surface area contributed by atoms with Gasteiger partial charge in [-0.3, -0.25) is 4.79 Å². The molecule has 0 amide bonds. The predicted molar refractivity (Wildman–Crippen MR) is 96.1 cm³/mol. The molecule has 23 heavy (non-hydrogen) atoms. The molecule has 0 radical (unpaired) electrons. The number of benzene rings is 2. The molecule has 0 saturated carbocycles.